The minimum Gasteiger partial charge on any atom is -0.450 e. The van der Waals surface area contributed by atoms with E-state index in [4.69, 9.17) is 5.11 Å². The van der Waals surface area contributed by atoms with E-state index in [1.54, 1.807) is 0 Å². The molecule has 1 N–H and O–H groups in total. The lowest BCUT2D eigenvalue weighted by Crippen LogP contribution is -2.67. The van der Waals surface area contributed by atoms with Crippen LogP contribution in [0.15, 0.2) is 0 Å². The van der Waals surface area contributed by atoms with Crippen molar-refractivity contribution in [2.24, 2.45) is 0 Å². The average molecular weight is 344 g/mol. The summed E-state index contributed by atoms with van der Waals surface area (Å²) in [7, 11) is 0. The van der Waals surface area contributed by atoms with Gasteiger partial charge >= 0.3 is 36.0 Å². The molecule has 0 aliphatic carbocycles. The van der Waals surface area contributed by atoms with E-state index in [1.807, 2.05) is 0 Å². The van der Waals surface area contributed by atoms with E-state index in [1.165, 1.54) is 0 Å². The minimum absolute atomic E-state index is 2.67. The highest BCUT2D eigenvalue weighted by molar-refractivity contribution is 5.56. The fraction of sp³-hybridized carbons (Fsp3) is 0.857. The van der Waals surface area contributed by atoms with Crippen LogP contribution in [-0.4, -0.2) is 47.7 Å². The van der Waals surface area contributed by atoms with Gasteiger partial charge in [-0.15, -0.1) is 0 Å². The first kappa shape index (κ1) is 19.5. The zero-order valence-corrected chi connectivity index (χ0v) is 9.13. The van der Waals surface area contributed by atoms with Gasteiger partial charge in [0.2, 0.25) is 0 Å². The SMILES string of the molecule is O=C(O)OCC(F)(F)C(F)(F)C(F)(F)C(F)(F)C(F)(F)F. The molecule has 0 fully saturated rings. The Hall–Kier alpha value is -1.50. The molecule has 0 aliphatic heterocycles. The highest BCUT2D eigenvalue weighted by atomic mass is 19.4. The van der Waals surface area contributed by atoms with Gasteiger partial charge in [-0.2, -0.15) is 48.3 Å². The van der Waals surface area contributed by atoms with Gasteiger partial charge in [-0.25, -0.2) is 4.79 Å². The predicted molar refractivity (Wildman–Crippen MR) is 39.8 cm³/mol. The largest absolute Gasteiger partial charge is 0.505 e. The van der Waals surface area contributed by atoms with Crippen molar-refractivity contribution >= 4 is 6.16 Å². The molecular weight excluding hydrogens is 341 g/mol. The lowest BCUT2D eigenvalue weighted by molar-refractivity contribution is -0.423. The van der Waals surface area contributed by atoms with E-state index in [-0.39, 0.29) is 0 Å². The van der Waals surface area contributed by atoms with E-state index in [0.717, 1.165) is 0 Å². The maximum atomic E-state index is 12.7. The first-order chi connectivity index (χ1) is 8.92. The van der Waals surface area contributed by atoms with Crippen molar-refractivity contribution in [1.29, 1.82) is 0 Å². The van der Waals surface area contributed by atoms with E-state index >= 15 is 0 Å². The van der Waals surface area contributed by atoms with E-state index in [9.17, 15) is 53.1 Å². The molecular formula is C7H3F11O3. The van der Waals surface area contributed by atoms with Crippen LogP contribution < -0.4 is 0 Å². The third-order valence-electron chi connectivity index (χ3n) is 1.98. The third-order valence-corrected chi connectivity index (χ3v) is 1.98. The summed E-state index contributed by atoms with van der Waals surface area (Å²) in [4.78, 5) is 9.66. The van der Waals surface area contributed by atoms with Gasteiger partial charge in [0.05, 0.1) is 0 Å². The number of alkyl halides is 11. The third kappa shape index (κ3) is 3.07. The molecule has 14 heteroatoms. The molecule has 0 rings (SSSR count). The average Bonchev–Trinajstić information content (AvgIpc) is 2.24. The van der Waals surface area contributed by atoms with E-state index in [2.05, 4.69) is 4.74 Å². The summed E-state index contributed by atoms with van der Waals surface area (Å²) >= 11 is 0. The van der Waals surface area contributed by atoms with Gasteiger partial charge in [0.25, 0.3) is 0 Å². The Kier molecular flexibility index (Phi) is 4.69. The molecule has 0 aromatic rings. The maximum absolute atomic E-state index is 12.7. The van der Waals surface area contributed by atoms with Gasteiger partial charge in [0.1, 0.15) is 0 Å². The summed E-state index contributed by atoms with van der Waals surface area (Å²) in [6.07, 6.45) is -9.93. The van der Waals surface area contributed by atoms with Crippen LogP contribution in [0.1, 0.15) is 0 Å². The molecule has 0 heterocycles. The fourth-order valence-corrected chi connectivity index (χ4v) is 0.848. The smallest absolute Gasteiger partial charge is 0.450 e. The number of rotatable bonds is 5. The summed E-state index contributed by atoms with van der Waals surface area (Å²) in [5.74, 6) is -28.7. The minimum atomic E-state index is -7.57. The van der Waals surface area contributed by atoms with Gasteiger partial charge < -0.3 is 9.84 Å². The fourth-order valence-electron chi connectivity index (χ4n) is 0.848. The molecule has 0 spiro atoms. The molecule has 0 aromatic heterocycles. The van der Waals surface area contributed by atoms with Gasteiger partial charge in [0, 0.05) is 0 Å². The van der Waals surface area contributed by atoms with Crippen LogP contribution in [0.5, 0.6) is 0 Å². The highest BCUT2D eigenvalue weighted by Crippen LogP contribution is 2.57. The van der Waals surface area contributed by atoms with E-state index < -0.39 is 42.6 Å². The number of halogens is 11. The Morgan fingerprint density at radius 3 is 1.43 bits per heavy atom. The Labute approximate surface area is 107 Å². The van der Waals surface area contributed by atoms with Crippen LogP contribution in [-0.2, 0) is 4.74 Å². The summed E-state index contributed by atoms with van der Waals surface area (Å²) in [5.41, 5.74) is 0. The zero-order chi connectivity index (χ0) is 17.5. The summed E-state index contributed by atoms with van der Waals surface area (Å²) in [6.45, 7) is -3.06. The quantitative estimate of drug-likeness (QED) is 0.610. The van der Waals surface area contributed by atoms with Crippen molar-refractivity contribution in [3.63, 3.8) is 0 Å². The van der Waals surface area contributed by atoms with Crippen LogP contribution in [0.25, 0.3) is 0 Å². The first-order valence-corrected chi connectivity index (χ1v) is 4.35. The predicted octanol–water partition coefficient (Wildman–Crippen LogP) is 3.78. The van der Waals surface area contributed by atoms with Gasteiger partial charge in [-0.05, 0) is 0 Å². The van der Waals surface area contributed by atoms with Crippen molar-refractivity contribution in [3.05, 3.63) is 0 Å². The topological polar surface area (TPSA) is 46.5 Å². The van der Waals surface area contributed by atoms with Gasteiger partial charge in [-0.3, -0.25) is 0 Å². The van der Waals surface area contributed by atoms with Crippen LogP contribution in [0, 0.1) is 0 Å². The number of ether oxygens (including phenoxy) is 1. The zero-order valence-electron chi connectivity index (χ0n) is 9.13. The number of hydrogen-bond donors (Lipinski definition) is 1. The second-order valence-corrected chi connectivity index (χ2v) is 3.48. The Balaban J connectivity index is 5.71. The summed E-state index contributed by atoms with van der Waals surface area (Å²) in [6, 6.07) is 0. The maximum Gasteiger partial charge on any atom is 0.505 e. The Morgan fingerprint density at radius 2 is 1.14 bits per heavy atom. The van der Waals surface area contributed by atoms with Crippen molar-refractivity contribution in [1.82, 2.24) is 0 Å². The lowest BCUT2D eigenvalue weighted by Gasteiger charge is -2.36. The summed E-state index contributed by atoms with van der Waals surface area (Å²) < 4.78 is 138. The molecule has 0 saturated carbocycles. The Morgan fingerprint density at radius 1 is 0.762 bits per heavy atom. The van der Waals surface area contributed by atoms with Crippen molar-refractivity contribution < 1.29 is 62.9 Å². The molecule has 0 bridgehead atoms. The van der Waals surface area contributed by atoms with Crippen molar-refractivity contribution in [2.75, 3.05) is 6.61 Å². The molecule has 3 nitrogen and oxygen atoms in total. The molecule has 0 aromatic carbocycles. The van der Waals surface area contributed by atoms with Crippen molar-refractivity contribution in [3.8, 4) is 0 Å². The molecule has 0 unspecified atom stereocenters. The first-order valence-electron chi connectivity index (χ1n) is 4.35. The van der Waals surface area contributed by atoms with Gasteiger partial charge in [-0.1, -0.05) is 0 Å². The highest BCUT2D eigenvalue weighted by Gasteiger charge is 2.87. The van der Waals surface area contributed by atoms with Crippen LogP contribution >= 0.6 is 0 Å². The molecule has 0 radical (unpaired) electrons. The summed E-state index contributed by atoms with van der Waals surface area (Å²) in [5, 5.41) is 7.72. The molecule has 0 atom stereocenters. The lowest BCUT2D eigenvalue weighted by atomic mass is 9.98. The molecule has 0 aliphatic rings. The molecule has 21 heavy (non-hydrogen) atoms. The van der Waals surface area contributed by atoms with Gasteiger partial charge in [0.15, 0.2) is 6.61 Å². The van der Waals surface area contributed by atoms with E-state index in [0.29, 0.717) is 0 Å². The van der Waals surface area contributed by atoms with Crippen molar-refractivity contribution in [2.45, 2.75) is 29.9 Å². The van der Waals surface area contributed by atoms with Crippen LogP contribution in [0.2, 0.25) is 0 Å². The molecule has 0 saturated heterocycles. The number of carboxylic acid groups (broad SMARTS) is 1. The monoisotopic (exact) mass is 344 g/mol. The van der Waals surface area contributed by atoms with Crippen LogP contribution in [0.4, 0.5) is 53.1 Å². The number of hydrogen-bond acceptors (Lipinski definition) is 2. The van der Waals surface area contributed by atoms with Crippen LogP contribution in [0.3, 0.4) is 0 Å². The normalized spacial score (nSPS) is 15.0. The second kappa shape index (κ2) is 5.05. The Bertz CT molecular complexity index is 399. The number of carbonyl (C=O) groups is 1. The second-order valence-electron chi connectivity index (χ2n) is 3.48. The standard InChI is InChI=1S/C7H3F11O3/c8-3(9,1-21-2(19)20)4(10,11)5(12,13)6(14,15)7(16,17)18/h1H2,(H,19,20). The molecule has 126 valence electrons. The molecule has 0 amide bonds.